The topological polar surface area (TPSA) is 82.0 Å². The fourth-order valence-electron chi connectivity index (χ4n) is 2.18. The van der Waals surface area contributed by atoms with Crippen molar-refractivity contribution in [2.75, 3.05) is 25.1 Å². The molecule has 0 spiro atoms. The molecule has 5 nitrogen and oxygen atoms in total. The van der Waals surface area contributed by atoms with Crippen LogP contribution in [0.4, 0.5) is 5.69 Å². The highest BCUT2D eigenvalue weighted by molar-refractivity contribution is 5.52. The normalized spacial score (nSPS) is 29.5. The van der Waals surface area contributed by atoms with Gasteiger partial charge in [0.25, 0.3) is 0 Å². The lowest BCUT2D eigenvalue weighted by Crippen LogP contribution is -2.47. The van der Waals surface area contributed by atoms with Crippen molar-refractivity contribution in [1.29, 1.82) is 0 Å². The highest BCUT2D eigenvalue weighted by Gasteiger charge is 2.29. The average molecular weight is 267 g/mol. The molecule has 2 unspecified atom stereocenters. The summed E-state index contributed by atoms with van der Waals surface area (Å²) in [6.45, 7) is 1.35. The summed E-state index contributed by atoms with van der Waals surface area (Å²) in [6, 6.07) is 8.53. The monoisotopic (exact) mass is 267 g/mol. The molecule has 2 heterocycles. The van der Waals surface area contributed by atoms with Gasteiger partial charge in [-0.25, -0.2) is 0 Å². The molecule has 106 valence electrons. The maximum Gasteiger partial charge on any atom is 0.110 e. The third-order valence-corrected chi connectivity index (χ3v) is 3.32. The Balaban J connectivity index is 0.000000141. The SMILES string of the molecule is OC1COCC(O)C1O.c1ccc2c(c1)CCCN2. The fraction of sp³-hybridized carbons (Fsp3) is 0.571. The van der Waals surface area contributed by atoms with Crippen molar-refractivity contribution in [3.8, 4) is 0 Å². The second-order valence-corrected chi connectivity index (χ2v) is 4.85. The Morgan fingerprint density at radius 3 is 2.37 bits per heavy atom. The summed E-state index contributed by atoms with van der Waals surface area (Å²) < 4.78 is 4.70. The molecule has 1 fully saturated rings. The van der Waals surface area contributed by atoms with Gasteiger partial charge in [-0.1, -0.05) is 18.2 Å². The summed E-state index contributed by atoms with van der Waals surface area (Å²) in [6.07, 6.45) is -0.401. The summed E-state index contributed by atoms with van der Waals surface area (Å²) in [5.74, 6) is 0. The number of hydrogen-bond acceptors (Lipinski definition) is 5. The van der Waals surface area contributed by atoms with Crippen molar-refractivity contribution < 1.29 is 20.1 Å². The number of aliphatic hydroxyl groups excluding tert-OH is 3. The quantitative estimate of drug-likeness (QED) is 0.538. The van der Waals surface area contributed by atoms with E-state index < -0.39 is 18.3 Å². The van der Waals surface area contributed by atoms with Gasteiger partial charge in [0.1, 0.15) is 18.3 Å². The lowest BCUT2D eigenvalue weighted by atomic mass is 10.0. The first kappa shape index (κ1) is 14.3. The van der Waals surface area contributed by atoms with Crippen molar-refractivity contribution in [2.45, 2.75) is 31.2 Å². The number of nitrogens with one attached hydrogen (secondary N) is 1. The molecule has 0 radical (unpaired) electrons. The van der Waals surface area contributed by atoms with E-state index in [1.807, 2.05) is 0 Å². The zero-order valence-electron chi connectivity index (χ0n) is 10.8. The fourth-order valence-corrected chi connectivity index (χ4v) is 2.18. The number of anilines is 1. The Morgan fingerprint density at radius 1 is 1.05 bits per heavy atom. The van der Waals surface area contributed by atoms with Crippen molar-refractivity contribution in [1.82, 2.24) is 0 Å². The number of para-hydroxylation sites is 1. The van der Waals surface area contributed by atoms with E-state index in [1.165, 1.54) is 24.1 Å². The zero-order chi connectivity index (χ0) is 13.7. The molecule has 0 bridgehead atoms. The molecular formula is C14H21NO4. The van der Waals surface area contributed by atoms with Crippen molar-refractivity contribution in [3.05, 3.63) is 29.8 Å². The molecule has 1 aromatic carbocycles. The Hall–Kier alpha value is -1.14. The first-order valence-electron chi connectivity index (χ1n) is 6.62. The number of ether oxygens (including phenoxy) is 1. The van der Waals surface area contributed by atoms with Crippen molar-refractivity contribution in [2.24, 2.45) is 0 Å². The van der Waals surface area contributed by atoms with E-state index in [-0.39, 0.29) is 13.2 Å². The van der Waals surface area contributed by atoms with Crippen LogP contribution in [0.1, 0.15) is 12.0 Å². The maximum absolute atomic E-state index is 8.87. The molecule has 0 saturated carbocycles. The van der Waals surface area contributed by atoms with Gasteiger partial charge in [-0.2, -0.15) is 0 Å². The summed E-state index contributed by atoms with van der Waals surface area (Å²) in [5, 5.41) is 29.9. The van der Waals surface area contributed by atoms with Crippen LogP contribution in [0.15, 0.2) is 24.3 Å². The molecule has 4 N–H and O–H groups in total. The number of benzene rings is 1. The van der Waals surface area contributed by atoms with Gasteiger partial charge in [-0.15, -0.1) is 0 Å². The minimum Gasteiger partial charge on any atom is -0.388 e. The lowest BCUT2D eigenvalue weighted by molar-refractivity contribution is -0.150. The Morgan fingerprint density at radius 2 is 1.74 bits per heavy atom. The molecule has 2 aliphatic heterocycles. The van der Waals surface area contributed by atoms with Gasteiger partial charge in [0, 0.05) is 12.2 Å². The van der Waals surface area contributed by atoms with Crippen LogP contribution in [0.25, 0.3) is 0 Å². The standard InChI is InChI=1S/C9H11N.C5H10O4/c1-2-6-9-8(4-1)5-3-7-10-9;6-3-1-9-2-4(7)5(3)8/h1-2,4,6,10H,3,5,7H2;3-8H,1-2H2. The smallest absolute Gasteiger partial charge is 0.110 e. The molecule has 0 aromatic heterocycles. The van der Waals surface area contributed by atoms with Crippen molar-refractivity contribution >= 4 is 5.69 Å². The van der Waals surface area contributed by atoms with Crippen LogP contribution in [-0.4, -0.2) is 53.4 Å². The predicted molar refractivity (Wildman–Crippen MR) is 72.1 cm³/mol. The van der Waals surface area contributed by atoms with Crippen LogP contribution in [0, 0.1) is 0 Å². The maximum atomic E-state index is 8.87. The molecule has 2 aliphatic rings. The van der Waals surface area contributed by atoms with Gasteiger partial charge in [0.2, 0.25) is 0 Å². The first-order valence-corrected chi connectivity index (χ1v) is 6.62. The minimum atomic E-state index is -1.04. The molecule has 1 saturated heterocycles. The van der Waals surface area contributed by atoms with Gasteiger partial charge in [0.05, 0.1) is 13.2 Å². The first-order chi connectivity index (χ1) is 9.18. The summed E-state index contributed by atoms with van der Waals surface area (Å²) in [7, 11) is 0. The van der Waals surface area contributed by atoms with Gasteiger partial charge in [-0.05, 0) is 24.5 Å². The second kappa shape index (κ2) is 6.86. The van der Waals surface area contributed by atoms with Crippen LogP contribution in [0.5, 0.6) is 0 Å². The van der Waals surface area contributed by atoms with E-state index in [4.69, 9.17) is 20.1 Å². The molecule has 5 heteroatoms. The number of aliphatic hydroxyl groups is 3. The van der Waals surface area contributed by atoms with E-state index >= 15 is 0 Å². The molecule has 0 aliphatic carbocycles. The minimum absolute atomic E-state index is 0.109. The van der Waals surface area contributed by atoms with Crippen LogP contribution in [0.2, 0.25) is 0 Å². The second-order valence-electron chi connectivity index (χ2n) is 4.85. The molecule has 0 amide bonds. The van der Waals surface area contributed by atoms with E-state index in [9.17, 15) is 0 Å². The van der Waals surface area contributed by atoms with Crippen LogP contribution in [-0.2, 0) is 11.2 Å². The number of hydrogen-bond donors (Lipinski definition) is 4. The third kappa shape index (κ3) is 3.91. The Labute approximate surface area is 112 Å². The van der Waals surface area contributed by atoms with E-state index in [0.717, 1.165) is 6.54 Å². The van der Waals surface area contributed by atoms with E-state index in [0.29, 0.717) is 0 Å². The Bertz CT molecular complexity index is 364. The van der Waals surface area contributed by atoms with E-state index in [2.05, 4.69) is 29.6 Å². The molecule has 1 aromatic rings. The van der Waals surface area contributed by atoms with Gasteiger partial charge >= 0.3 is 0 Å². The molecule has 19 heavy (non-hydrogen) atoms. The summed E-state index contributed by atoms with van der Waals surface area (Å²) in [4.78, 5) is 0. The zero-order valence-corrected chi connectivity index (χ0v) is 10.8. The predicted octanol–water partition coefficient (Wildman–Crippen LogP) is 0.144. The third-order valence-electron chi connectivity index (χ3n) is 3.32. The lowest BCUT2D eigenvalue weighted by Gasteiger charge is -2.27. The van der Waals surface area contributed by atoms with Gasteiger partial charge < -0.3 is 25.4 Å². The van der Waals surface area contributed by atoms with Crippen LogP contribution in [0.3, 0.4) is 0 Å². The summed E-state index contributed by atoms with van der Waals surface area (Å²) >= 11 is 0. The number of rotatable bonds is 0. The Kier molecular flexibility index (Phi) is 5.15. The molecule has 3 rings (SSSR count). The molecular weight excluding hydrogens is 246 g/mol. The van der Waals surface area contributed by atoms with Crippen LogP contribution < -0.4 is 5.32 Å². The largest absolute Gasteiger partial charge is 0.388 e. The van der Waals surface area contributed by atoms with Crippen molar-refractivity contribution in [3.63, 3.8) is 0 Å². The highest BCUT2D eigenvalue weighted by Crippen LogP contribution is 2.20. The van der Waals surface area contributed by atoms with Gasteiger partial charge in [0.15, 0.2) is 0 Å². The molecule has 2 atom stereocenters. The van der Waals surface area contributed by atoms with Crippen LogP contribution >= 0.6 is 0 Å². The number of fused-ring (bicyclic) bond motifs is 1. The average Bonchev–Trinajstić information content (AvgIpc) is 2.45. The summed E-state index contributed by atoms with van der Waals surface area (Å²) in [5.41, 5.74) is 2.79. The number of aryl methyl sites for hydroxylation is 1. The van der Waals surface area contributed by atoms with Gasteiger partial charge in [-0.3, -0.25) is 0 Å². The highest BCUT2D eigenvalue weighted by atomic mass is 16.5. The van der Waals surface area contributed by atoms with E-state index in [1.54, 1.807) is 0 Å².